The molecule has 1 atom stereocenters. The standard InChI is InChI=1S/C14H13BrClNOS/c1-9-7-12(19-13(9)15)14(18)17-11(8-16)10-5-3-2-4-6-10/h2-7,11H,8H2,1H3,(H,17,18). The van der Waals surface area contributed by atoms with E-state index in [4.69, 9.17) is 11.6 Å². The van der Waals surface area contributed by atoms with Gasteiger partial charge in [0.05, 0.1) is 14.7 Å². The van der Waals surface area contributed by atoms with Crippen molar-refractivity contribution in [3.05, 3.63) is 56.2 Å². The maximum absolute atomic E-state index is 12.2. The van der Waals surface area contributed by atoms with E-state index in [1.54, 1.807) is 0 Å². The van der Waals surface area contributed by atoms with Crippen molar-refractivity contribution in [3.8, 4) is 0 Å². The summed E-state index contributed by atoms with van der Waals surface area (Å²) in [5.74, 6) is 0.259. The van der Waals surface area contributed by atoms with Gasteiger partial charge in [0.15, 0.2) is 0 Å². The van der Waals surface area contributed by atoms with Crippen molar-refractivity contribution in [1.29, 1.82) is 0 Å². The van der Waals surface area contributed by atoms with Gasteiger partial charge in [-0.1, -0.05) is 30.3 Å². The summed E-state index contributed by atoms with van der Waals surface area (Å²) in [5, 5.41) is 2.96. The summed E-state index contributed by atoms with van der Waals surface area (Å²) in [6, 6.07) is 11.4. The van der Waals surface area contributed by atoms with Crippen LogP contribution in [0.5, 0.6) is 0 Å². The van der Waals surface area contributed by atoms with E-state index in [1.165, 1.54) is 11.3 Å². The molecule has 0 fully saturated rings. The minimum absolute atomic E-state index is 0.0895. The molecule has 1 unspecified atom stereocenters. The van der Waals surface area contributed by atoms with E-state index in [2.05, 4.69) is 21.2 Å². The Kier molecular flexibility index (Phi) is 5.02. The van der Waals surface area contributed by atoms with E-state index in [0.717, 1.165) is 14.9 Å². The van der Waals surface area contributed by atoms with E-state index < -0.39 is 0 Å². The largest absolute Gasteiger partial charge is 0.343 e. The highest BCUT2D eigenvalue weighted by Gasteiger charge is 2.16. The van der Waals surface area contributed by atoms with Crippen molar-refractivity contribution >= 4 is 44.8 Å². The fourth-order valence-corrected chi connectivity index (χ4v) is 3.39. The maximum Gasteiger partial charge on any atom is 0.261 e. The first kappa shape index (κ1) is 14.6. The average molecular weight is 359 g/mol. The van der Waals surface area contributed by atoms with Crippen LogP contribution < -0.4 is 5.32 Å². The van der Waals surface area contributed by atoms with Crippen LogP contribution in [-0.2, 0) is 0 Å². The van der Waals surface area contributed by atoms with E-state index in [0.29, 0.717) is 10.8 Å². The lowest BCUT2D eigenvalue weighted by Crippen LogP contribution is -2.28. The molecule has 0 bridgehead atoms. The average Bonchev–Trinajstić information content (AvgIpc) is 2.77. The van der Waals surface area contributed by atoms with E-state index in [-0.39, 0.29) is 11.9 Å². The second-order valence-corrected chi connectivity index (χ2v) is 6.84. The quantitative estimate of drug-likeness (QED) is 0.799. The van der Waals surface area contributed by atoms with Gasteiger partial charge in [-0.25, -0.2) is 0 Å². The molecule has 2 aromatic rings. The summed E-state index contributed by atoms with van der Waals surface area (Å²) in [5.41, 5.74) is 2.08. The van der Waals surface area contributed by atoms with Crippen molar-refractivity contribution in [2.24, 2.45) is 0 Å². The van der Waals surface area contributed by atoms with Crippen molar-refractivity contribution in [3.63, 3.8) is 0 Å². The molecule has 0 spiro atoms. The molecular weight excluding hydrogens is 346 g/mol. The van der Waals surface area contributed by atoms with Gasteiger partial charge in [0, 0.05) is 5.88 Å². The summed E-state index contributed by atoms with van der Waals surface area (Å²) in [6.07, 6.45) is 0. The third kappa shape index (κ3) is 3.59. The predicted octanol–water partition coefficient (Wildman–Crippen LogP) is 4.53. The van der Waals surface area contributed by atoms with E-state index in [1.807, 2.05) is 43.3 Å². The minimum Gasteiger partial charge on any atom is -0.343 e. The topological polar surface area (TPSA) is 29.1 Å². The van der Waals surface area contributed by atoms with Crippen LogP contribution in [0.2, 0.25) is 0 Å². The van der Waals surface area contributed by atoms with Crippen LogP contribution in [0, 0.1) is 6.92 Å². The summed E-state index contributed by atoms with van der Waals surface area (Å²) in [7, 11) is 0. The SMILES string of the molecule is Cc1cc(C(=O)NC(CCl)c2ccccc2)sc1Br. The van der Waals surface area contributed by atoms with Gasteiger partial charge in [-0.05, 0) is 40.0 Å². The molecule has 1 N–H and O–H groups in total. The van der Waals surface area contributed by atoms with Crippen LogP contribution in [0.3, 0.4) is 0 Å². The number of carbonyl (C=O) groups excluding carboxylic acids is 1. The van der Waals surface area contributed by atoms with Crippen molar-refractivity contribution in [2.75, 3.05) is 5.88 Å². The molecule has 1 heterocycles. The number of amides is 1. The summed E-state index contributed by atoms with van der Waals surface area (Å²) in [4.78, 5) is 12.9. The number of benzene rings is 1. The Hall–Kier alpha value is -0.840. The number of rotatable bonds is 4. The summed E-state index contributed by atoms with van der Waals surface area (Å²) < 4.78 is 0.986. The third-order valence-electron chi connectivity index (χ3n) is 2.74. The van der Waals surface area contributed by atoms with Gasteiger partial charge >= 0.3 is 0 Å². The Bertz CT molecular complexity index is 551. The fraction of sp³-hybridized carbons (Fsp3) is 0.214. The second-order valence-electron chi connectivity index (χ2n) is 4.16. The highest BCUT2D eigenvalue weighted by Crippen LogP contribution is 2.27. The molecule has 2 nitrogen and oxygen atoms in total. The minimum atomic E-state index is -0.170. The van der Waals surface area contributed by atoms with Gasteiger partial charge in [0.2, 0.25) is 0 Å². The lowest BCUT2D eigenvalue weighted by Gasteiger charge is -2.15. The summed E-state index contributed by atoms with van der Waals surface area (Å²) in [6.45, 7) is 1.97. The molecular formula is C14H13BrClNOS. The first-order valence-corrected chi connectivity index (χ1v) is 7.94. The molecule has 0 aliphatic rings. The van der Waals surface area contributed by atoms with Crippen LogP contribution in [0.25, 0.3) is 0 Å². The Morgan fingerprint density at radius 1 is 1.42 bits per heavy atom. The number of alkyl halides is 1. The Morgan fingerprint density at radius 3 is 2.63 bits per heavy atom. The molecule has 19 heavy (non-hydrogen) atoms. The third-order valence-corrected chi connectivity index (χ3v) is 5.19. The van der Waals surface area contributed by atoms with Gasteiger partial charge in [0.25, 0.3) is 5.91 Å². The molecule has 100 valence electrons. The zero-order valence-electron chi connectivity index (χ0n) is 10.3. The van der Waals surface area contributed by atoms with Crippen LogP contribution in [0.15, 0.2) is 40.2 Å². The molecule has 0 radical (unpaired) electrons. The molecule has 1 aromatic carbocycles. The van der Waals surface area contributed by atoms with Gasteiger partial charge in [0.1, 0.15) is 0 Å². The first-order chi connectivity index (χ1) is 9.11. The van der Waals surface area contributed by atoms with Crippen molar-refractivity contribution < 1.29 is 4.79 Å². The number of hydrogen-bond donors (Lipinski definition) is 1. The van der Waals surface area contributed by atoms with E-state index in [9.17, 15) is 4.79 Å². The number of nitrogens with one attached hydrogen (secondary N) is 1. The molecule has 0 aliphatic heterocycles. The normalized spacial score (nSPS) is 12.2. The van der Waals surface area contributed by atoms with Gasteiger partial charge in [-0.3, -0.25) is 4.79 Å². The maximum atomic E-state index is 12.2. The molecule has 0 saturated carbocycles. The molecule has 0 aliphatic carbocycles. The van der Waals surface area contributed by atoms with Crippen LogP contribution >= 0.6 is 38.9 Å². The lowest BCUT2D eigenvalue weighted by molar-refractivity contribution is 0.0944. The fourth-order valence-electron chi connectivity index (χ4n) is 1.70. The number of hydrogen-bond acceptors (Lipinski definition) is 2. The highest BCUT2D eigenvalue weighted by molar-refractivity contribution is 9.11. The number of thiophene rings is 1. The molecule has 2 rings (SSSR count). The van der Waals surface area contributed by atoms with Crippen molar-refractivity contribution in [1.82, 2.24) is 5.32 Å². The summed E-state index contributed by atoms with van der Waals surface area (Å²) >= 11 is 10.8. The van der Waals surface area contributed by atoms with E-state index >= 15 is 0 Å². The monoisotopic (exact) mass is 357 g/mol. The Balaban J connectivity index is 2.13. The van der Waals surface area contributed by atoms with Crippen LogP contribution in [0.1, 0.15) is 26.8 Å². The van der Waals surface area contributed by atoms with Gasteiger partial charge in [-0.2, -0.15) is 0 Å². The molecule has 1 aromatic heterocycles. The smallest absolute Gasteiger partial charge is 0.261 e. The predicted molar refractivity (Wildman–Crippen MR) is 84.1 cm³/mol. The molecule has 1 amide bonds. The van der Waals surface area contributed by atoms with Crippen LogP contribution in [0.4, 0.5) is 0 Å². The van der Waals surface area contributed by atoms with Gasteiger partial charge < -0.3 is 5.32 Å². The van der Waals surface area contributed by atoms with Gasteiger partial charge in [-0.15, -0.1) is 22.9 Å². The lowest BCUT2D eigenvalue weighted by atomic mass is 10.1. The van der Waals surface area contributed by atoms with Crippen molar-refractivity contribution in [2.45, 2.75) is 13.0 Å². The second kappa shape index (κ2) is 6.55. The number of aryl methyl sites for hydroxylation is 1. The molecule has 5 heteroatoms. The molecule has 0 saturated heterocycles. The van der Waals surface area contributed by atoms with Crippen LogP contribution in [-0.4, -0.2) is 11.8 Å². The Morgan fingerprint density at radius 2 is 2.11 bits per heavy atom. The first-order valence-electron chi connectivity index (χ1n) is 5.79. The Labute approximate surface area is 129 Å². The zero-order valence-corrected chi connectivity index (χ0v) is 13.5. The zero-order chi connectivity index (χ0) is 13.8. The number of carbonyl (C=O) groups is 1. The highest BCUT2D eigenvalue weighted by atomic mass is 79.9. The number of halogens is 2.